The summed E-state index contributed by atoms with van der Waals surface area (Å²) in [5.74, 6) is 0. The lowest BCUT2D eigenvalue weighted by molar-refractivity contribution is 0.0981. The molecule has 2 aliphatic heterocycles. The first kappa shape index (κ1) is 48.2. The van der Waals surface area contributed by atoms with Crippen molar-refractivity contribution < 1.29 is 14.3 Å². The largest absolute Gasteiger partial charge is 0.370 e. The standard InChI is InChI=1S/C59H68N6O3/c1-56(2,3)43-25-44(57(4,5)6)28-51(27-43)64-53-23-39-19-21-41(53)31-60-33-47-15-13-16-48(62-47)34-61-32-42-22-20-40(36-68-38-50-18-14-17-49(63-50)37-67-35-39)24-54(42)65(55(64)66)52-29-45(58(7,8)9)26-46(30-52)59(10,11)12/h13-30,33-34H,31-32,35-38H2,1-12H3. The van der Waals surface area contributed by atoms with E-state index in [2.05, 4.69) is 156 Å². The van der Waals surface area contributed by atoms with E-state index < -0.39 is 0 Å². The Balaban J connectivity index is 1.51. The molecule has 0 fully saturated rings. The van der Waals surface area contributed by atoms with Crippen LogP contribution in [-0.4, -0.2) is 28.4 Å². The molecular formula is C59H68N6O3. The molecule has 0 N–H and O–H groups in total. The summed E-state index contributed by atoms with van der Waals surface area (Å²) in [5, 5.41) is 0. The van der Waals surface area contributed by atoms with Crippen molar-refractivity contribution in [3.05, 3.63) is 176 Å². The minimum Gasteiger partial charge on any atom is -0.370 e. The Bertz CT molecular complexity index is 2640. The van der Waals surface area contributed by atoms with Gasteiger partial charge in [-0.1, -0.05) is 132 Å². The van der Waals surface area contributed by atoms with E-state index in [1.807, 2.05) is 46.2 Å². The molecule has 2 aliphatic rings. The number of rotatable bonds is 2. The van der Waals surface area contributed by atoms with Gasteiger partial charge in [-0.3, -0.25) is 24.8 Å². The van der Waals surface area contributed by atoms with Crippen LogP contribution >= 0.6 is 0 Å². The van der Waals surface area contributed by atoms with Gasteiger partial charge in [0, 0.05) is 12.4 Å². The Kier molecular flexibility index (Phi) is 13.5. The van der Waals surface area contributed by atoms with E-state index in [4.69, 9.17) is 29.4 Å². The number of aromatic nitrogens is 2. The number of hydrogen-bond donors (Lipinski definition) is 0. The molecule has 6 aromatic rings. The van der Waals surface area contributed by atoms with Crippen LogP contribution in [0.2, 0.25) is 0 Å². The number of aliphatic imine (C=N–C) groups is 2. The number of fused-ring (bicyclic) bond motifs is 8. The molecule has 0 spiro atoms. The zero-order valence-corrected chi connectivity index (χ0v) is 42.2. The molecule has 0 atom stereocenters. The average Bonchev–Trinajstić information content (AvgIpc) is 3.26. The van der Waals surface area contributed by atoms with Gasteiger partial charge in [-0.25, -0.2) is 9.78 Å². The second-order valence-electron chi connectivity index (χ2n) is 22.4. The van der Waals surface area contributed by atoms with E-state index in [9.17, 15) is 0 Å². The van der Waals surface area contributed by atoms with Gasteiger partial charge in [0.25, 0.3) is 0 Å². The van der Waals surface area contributed by atoms with Crippen LogP contribution in [0.4, 0.5) is 27.5 Å². The molecular weight excluding hydrogens is 841 g/mol. The Morgan fingerprint density at radius 3 is 1.21 bits per heavy atom. The second-order valence-corrected chi connectivity index (χ2v) is 22.4. The maximum Gasteiger partial charge on any atom is 0.338 e. The fraction of sp³-hybridized carbons (Fsp3) is 0.373. The van der Waals surface area contributed by atoms with Gasteiger partial charge < -0.3 is 9.47 Å². The fourth-order valence-corrected chi connectivity index (χ4v) is 8.42. The van der Waals surface area contributed by atoms with E-state index in [-0.39, 0.29) is 40.8 Å². The summed E-state index contributed by atoms with van der Waals surface area (Å²) in [5.41, 5.74) is 13.1. The summed E-state index contributed by atoms with van der Waals surface area (Å²) in [6.07, 6.45) is 3.60. The molecule has 2 amide bonds. The third kappa shape index (κ3) is 11.2. The monoisotopic (exact) mass is 909 g/mol. The van der Waals surface area contributed by atoms with Crippen molar-refractivity contribution in [1.29, 1.82) is 0 Å². The maximum atomic E-state index is 17.1. The molecule has 8 rings (SSSR count). The highest BCUT2D eigenvalue weighted by Gasteiger charge is 2.34. The topological polar surface area (TPSA) is 92.5 Å². The second kappa shape index (κ2) is 19.0. The third-order valence-electron chi connectivity index (χ3n) is 12.6. The lowest BCUT2D eigenvalue weighted by atomic mass is 9.80. The van der Waals surface area contributed by atoms with Crippen LogP contribution in [0.25, 0.3) is 0 Å². The predicted octanol–water partition coefficient (Wildman–Crippen LogP) is 14.1. The van der Waals surface area contributed by atoms with Crippen LogP contribution in [0, 0.1) is 0 Å². The zero-order chi connectivity index (χ0) is 48.6. The van der Waals surface area contributed by atoms with Crippen LogP contribution in [0.15, 0.2) is 119 Å². The molecule has 0 unspecified atom stereocenters. The fourth-order valence-electron chi connectivity index (χ4n) is 8.42. The van der Waals surface area contributed by atoms with Gasteiger partial charge in [-0.2, -0.15) is 0 Å². The van der Waals surface area contributed by atoms with E-state index in [0.29, 0.717) is 37.8 Å². The van der Waals surface area contributed by atoms with E-state index in [1.165, 1.54) is 0 Å². The molecule has 9 nitrogen and oxygen atoms in total. The van der Waals surface area contributed by atoms with Gasteiger partial charge in [0.1, 0.15) is 0 Å². The van der Waals surface area contributed by atoms with Crippen LogP contribution in [0.1, 0.15) is 150 Å². The summed E-state index contributed by atoms with van der Waals surface area (Å²) in [6, 6.07) is 37.5. The lowest BCUT2D eigenvalue weighted by Crippen LogP contribution is -2.40. The Morgan fingerprint density at radius 1 is 0.441 bits per heavy atom. The number of carbonyl (C=O) groups excluding carboxylic acids is 1. The lowest BCUT2D eigenvalue weighted by Gasteiger charge is -2.36. The van der Waals surface area contributed by atoms with Gasteiger partial charge in [-0.05, 0) is 127 Å². The Hall–Kier alpha value is -6.29. The number of carbonyl (C=O) groups is 1. The smallest absolute Gasteiger partial charge is 0.338 e. The predicted molar refractivity (Wildman–Crippen MR) is 278 cm³/mol. The molecule has 8 bridgehead atoms. The molecule has 2 aromatic heterocycles. The van der Waals surface area contributed by atoms with Crippen molar-refractivity contribution in [2.45, 2.75) is 144 Å². The summed E-state index contributed by atoms with van der Waals surface area (Å²) in [7, 11) is 0. The van der Waals surface area contributed by atoms with Crippen molar-refractivity contribution in [1.82, 2.24) is 9.97 Å². The molecule has 0 radical (unpaired) electrons. The maximum absolute atomic E-state index is 17.1. The quantitative estimate of drug-likeness (QED) is 0.173. The number of anilines is 4. The first-order valence-corrected chi connectivity index (χ1v) is 23.9. The number of amides is 2. The van der Waals surface area contributed by atoms with E-state index >= 15 is 4.79 Å². The van der Waals surface area contributed by atoms with Crippen LogP contribution in [0.3, 0.4) is 0 Å². The van der Waals surface area contributed by atoms with Gasteiger partial charge in [0.15, 0.2) is 0 Å². The minimum atomic E-state index is -0.243. The molecule has 0 aliphatic carbocycles. The van der Waals surface area contributed by atoms with E-state index in [1.54, 1.807) is 12.4 Å². The Morgan fingerprint density at radius 2 is 0.824 bits per heavy atom. The van der Waals surface area contributed by atoms with Gasteiger partial charge in [0.05, 0.1) is 85.0 Å². The Labute approximate surface area is 404 Å². The average molecular weight is 909 g/mol. The number of nitrogens with zero attached hydrogens (tertiary/aromatic N) is 6. The van der Waals surface area contributed by atoms with Gasteiger partial charge >= 0.3 is 6.03 Å². The minimum absolute atomic E-state index is 0.235. The number of pyridine rings is 2. The number of urea groups is 1. The van der Waals surface area contributed by atoms with Crippen LogP contribution < -0.4 is 9.80 Å². The normalized spacial score (nSPS) is 15.3. The summed E-state index contributed by atoms with van der Waals surface area (Å²) in [6.45, 7) is 28.5. The first-order valence-electron chi connectivity index (χ1n) is 23.9. The molecule has 352 valence electrons. The molecule has 0 saturated carbocycles. The van der Waals surface area contributed by atoms with Crippen molar-refractivity contribution in [3.63, 3.8) is 0 Å². The molecule has 4 heterocycles. The summed E-state index contributed by atoms with van der Waals surface area (Å²) < 4.78 is 12.8. The van der Waals surface area contributed by atoms with Crippen molar-refractivity contribution >= 4 is 41.2 Å². The van der Waals surface area contributed by atoms with Gasteiger partial charge in [0.2, 0.25) is 0 Å². The highest BCUT2D eigenvalue weighted by atomic mass is 16.5. The molecule has 68 heavy (non-hydrogen) atoms. The van der Waals surface area contributed by atoms with E-state index in [0.717, 1.165) is 78.7 Å². The SMILES string of the molecule is CC(C)(C)c1cc(N2C(=O)N(c3cc(C(C)(C)C)cc(C(C)(C)C)c3)c3cc4ccc3CN=Cc3cccc(n3)C=NCc3ccc(cc32)COCc2cccc(n2)COC4)cc(C(C)(C)C)c1. The van der Waals surface area contributed by atoms with Crippen LogP contribution in [-0.2, 0) is 70.7 Å². The highest BCUT2D eigenvalue weighted by Crippen LogP contribution is 2.43. The molecule has 0 saturated heterocycles. The van der Waals surface area contributed by atoms with Crippen molar-refractivity contribution in [2.75, 3.05) is 9.80 Å². The van der Waals surface area contributed by atoms with Gasteiger partial charge in [-0.15, -0.1) is 0 Å². The number of ether oxygens (including phenoxy) is 2. The third-order valence-corrected chi connectivity index (χ3v) is 12.6. The first-order chi connectivity index (χ1) is 32.1. The van der Waals surface area contributed by atoms with Crippen molar-refractivity contribution in [3.8, 4) is 0 Å². The number of benzene rings is 4. The number of hydrogen-bond acceptors (Lipinski definition) is 7. The van der Waals surface area contributed by atoms with Crippen molar-refractivity contribution in [2.24, 2.45) is 9.98 Å². The molecule has 9 heteroatoms. The molecule has 4 aromatic carbocycles. The summed E-state index contributed by atoms with van der Waals surface area (Å²) >= 11 is 0. The van der Waals surface area contributed by atoms with Crippen LogP contribution in [0.5, 0.6) is 0 Å². The zero-order valence-electron chi connectivity index (χ0n) is 42.2. The summed E-state index contributed by atoms with van der Waals surface area (Å²) in [4.78, 5) is 40.7. The highest BCUT2D eigenvalue weighted by molar-refractivity contribution is 6.13.